The lowest BCUT2D eigenvalue weighted by molar-refractivity contribution is -0.108. The van der Waals surface area contributed by atoms with E-state index < -0.39 is 0 Å². The van der Waals surface area contributed by atoms with Crippen LogP contribution in [0.25, 0.3) is 5.57 Å². The minimum Gasteiger partial charge on any atom is -0.404 e. The van der Waals surface area contributed by atoms with Crippen LogP contribution in [0.3, 0.4) is 0 Å². The van der Waals surface area contributed by atoms with Gasteiger partial charge in [-0.15, -0.1) is 5.48 Å². The molecule has 4 nitrogen and oxygen atoms in total. The Bertz CT molecular complexity index is 1030. The standard InChI is InChI=1S/C25H29NO3/c1-13-10-14(2)22-20(11-13)12-21(25(24(22)28)29-26-8-9-27)23-18(6)16(4)15(3)17(5)19(23)7/h9-11,26H,8,12H2,1-7H3. The fraction of sp³-hybridized carbons (Fsp3) is 0.360. The monoisotopic (exact) mass is 391 g/mol. The first-order valence-corrected chi connectivity index (χ1v) is 9.97. The van der Waals surface area contributed by atoms with Crippen molar-refractivity contribution >= 4 is 17.6 Å². The number of rotatable bonds is 5. The molecule has 152 valence electrons. The lowest BCUT2D eigenvalue weighted by atomic mass is 9.78. The number of nitrogens with one attached hydrogen (secondary N) is 1. The van der Waals surface area contributed by atoms with Crippen LogP contribution < -0.4 is 5.48 Å². The highest BCUT2D eigenvalue weighted by Crippen LogP contribution is 2.39. The molecule has 0 fully saturated rings. The molecule has 0 bridgehead atoms. The zero-order valence-corrected chi connectivity index (χ0v) is 18.4. The highest BCUT2D eigenvalue weighted by atomic mass is 16.7. The number of carbonyl (C=O) groups excluding carboxylic acids is 2. The summed E-state index contributed by atoms with van der Waals surface area (Å²) in [6.45, 7) is 14.6. The summed E-state index contributed by atoms with van der Waals surface area (Å²) in [5.74, 6) is 0.159. The Hall–Kier alpha value is -2.72. The molecule has 0 spiro atoms. The van der Waals surface area contributed by atoms with Gasteiger partial charge in [-0.3, -0.25) is 4.79 Å². The Morgan fingerprint density at radius 2 is 1.48 bits per heavy atom. The van der Waals surface area contributed by atoms with Crippen LogP contribution in [-0.4, -0.2) is 18.6 Å². The molecule has 1 aliphatic rings. The second-order valence-electron chi connectivity index (χ2n) is 8.05. The van der Waals surface area contributed by atoms with E-state index in [9.17, 15) is 9.59 Å². The number of carbonyl (C=O) groups is 2. The molecule has 0 aromatic heterocycles. The summed E-state index contributed by atoms with van der Waals surface area (Å²) in [6.07, 6.45) is 1.33. The number of allylic oxidation sites excluding steroid dienone is 2. The topological polar surface area (TPSA) is 55.4 Å². The van der Waals surface area contributed by atoms with E-state index in [0.29, 0.717) is 24.0 Å². The van der Waals surface area contributed by atoms with Gasteiger partial charge in [-0.1, -0.05) is 17.7 Å². The Labute approximate surface area is 172 Å². The van der Waals surface area contributed by atoms with Gasteiger partial charge in [0.15, 0.2) is 5.76 Å². The highest BCUT2D eigenvalue weighted by Gasteiger charge is 2.32. The third-order valence-corrected chi connectivity index (χ3v) is 6.28. The lowest BCUT2D eigenvalue weighted by Gasteiger charge is -2.27. The number of benzene rings is 2. The Kier molecular flexibility index (Phi) is 5.76. The molecule has 0 radical (unpaired) electrons. The number of aryl methyl sites for hydroxylation is 2. The fourth-order valence-electron chi connectivity index (χ4n) is 4.45. The van der Waals surface area contributed by atoms with Crippen LogP contribution in [0.15, 0.2) is 17.9 Å². The summed E-state index contributed by atoms with van der Waals surface area (Å²) in [7, 11) is 0. The SMILES string of the molecule is Cc1cc(C)c2c(c1)CC(c1c(C)c(C)c(C)c(C)c1C)=C(ONCC=O)C2=O. The van der Waals surface area contributed by atoms with E-state index in [0.717, 1.165) is 39.0 Å². The maximum Gasteiger partial charge on any atom is 0.231 e. The average molecular weight is 392 g/mol. The summed E-state index contributed by atoms with van der Waals surface area (Å²) in [4.78, 5) is 29.9. The number of ketones is 1. The normalized spacial score (nSPS) is 13.6. The Morgan fingerprint density at radius 1 is 0.897 bits per heavy atom. The first-order chi connectivity index (χ1) is 13.7. The van der Waals surface area contributed by atoms with Crippen molar-refractivity contribution in [2.24, 2.45) is 0 Å². The van der Waals surface area contributed by atoms with E-state index >= 15 is 0 Å². The zero-order chi connectivity index (χ0) is 21.5. The number of hydrogen-bond donors (Lipinski definition) is 1. The van der Waals surface area contributed by atoms with Gasteiger partial charge in [-0.25, -0.2) is 0 Å². The summed E-state index contributed by atoms with van der Waals surface area (Å²) in [5.41, 5.74) is 14.5. The smallest absolute Gasteiger partial charge is 0.231 e. The van der Waals surface area contributed by atoms with Gasteiger partial charge in [-0.05, 0) is 93.0 Å². The quantitative estimate of drug-likeness (QED) is 0.455. The molecule has 2 aromatic carbocycles. The molecule has 1 N–H and O–H groups in total. The predicted molar refractivity (Wildman–Crippen MR) is 116 cm³/mol. The first-order valence-electron chi connectivity index (χ1n) is 9.97. The third-order valence-electron chi connectivity index (χ3n) is 6.28. The second-order valence-corrected chi connectivity index (χ2v) is 8.05. The van der Waals surface area contributed by atoms with Gasteiger partial charge < -0.3 is 9.63 Å². The van der Waals surface area contributed by atoms with Gasteiger partial charge in [-0.2, -0.15) is 0 Å². The minimum atomic E-state index is -0.133. The van der Waals surface area contributed by atoms with Gasteiger partial charge in [0.25, 0.3) is 0 Å². The van der Waals surface area contributed by atoms with Gasteiger partial charge in [0, 0.05) is 17.6 Å². The Morgan fingerprint density at radius 3 is 2.07 bits per heavy atom. The van der Waals surface area contributed by atoms with Crippen LogP contribution in [0.5, 0.6) is 0 Å². The zero-order valence-electron chi connectivity index (χ0n) is 18.4. The van der Waals surface area contributed by atoms with Crippen molar-refractivity contribution in [3.05, 3.63) is 73.5 Å². The largest absolute Gasteiger partial charge is 0.404 e. The third kappa shape index (κ3) is 3.53. The summed E-state index contributed by atoms with van der Waals surface area (Å²) >= 11 is 0. The van der Waals surface area contributed by atoms with Crippen molar-refractivity contribution in [3.63, 3.8) is 0 Å². The van der Waals surface area contributed by atoms with Crippen molar-refractivity contribution in [1.82, 2.24) is 5.48 Å². The molecule has 2 aromatic rings. The van der Waals surface area contributed by atoms with Crippen molar-refractivity contribution in [3.8, 4) is 0 Å². The van der Waals surface area contributed by atoms with E-state index in [4.69, 9.17) is 4.84 Å². The van der Waals surface area contributed by atoms with Gasteiger partial charge in [0.05, 0.1) is 6.54 Å². The summed E-state index contributed by atoms with van der Waals surface area (Å²) in [5, 5.41) is 0. The van der Waals surface area contributed by atoms with E-state index in [2.05, 4.69) is 53.1 Å². The van der Waals surface area contributed by atoms with Crippen molar-refractivity contribution in [1.29, 1.82) is 0 Å². The molecule has 4 heteroatoms. The second kappa shape index (κ2) is 7.96. The molecule has 0 aliphatic heterocycles. The molecule has 3 rings (SSSR count). The maximum absolute atomic E-state index is 13.5. The fourth-order valence-corrected chi connectivity index (χ4v) is 4.45. The highest BCUT2D eigenvalue weighted by molar-refractivity contribution is 6.16. The van der Waals surface area contributed by atoms with E-state index in [1.165, 1.54) is 16.7 Å². The van der Waals surface area contributed by atoms with Gasteiger partial charge >= 0.3 is 0 Å². The molecule has 0 atom stereocenters. The van der Waals surface area contributed by atoms with Gasteiger partial charge in [0.1, 0.15) is 6.29 Å². The summed E-state index contributed by atoms with van der Waals surface area (Å²) < 4.78 is 0. The van der Waals surface area contributed by atoms with Crippen LogP contribution in [0.2, 0.25) is 0 Å². The first kappa shape index (κ1) is 21.0. The number of hydroxylamine groups is 1. The molecule has 0 saturated carbocycles. The molecule has 0 saturated heterocycles. The molecule has 29 heavy (non-hydrogen) atoms. The van der Waals surface area contributed by atoms with E-state index in [1.54, 1.807) is 0 Å². The van der Waals surface area contributed by atoms with Crippen LogP contribution in [-0.2, 0) is 16.1 Å². The van der Waals surface area contributed by atoms with Gasteiger partial charge in [0.2, 0.25) is 5.78 Å². The van der Waals surface area contributed by atoms with E-state index in [1.807, 2.05) is 13.0 Å². The number of aldehydes is 1. The number of Topliss-reactive ketones (excluding diaryl/α,β-unsaturated/α-hetero) is 1. The molecular weight excluding hydrogens is 362 g/mol. The van der Waals surface area contributed by atoms with Crippen LogP contribution >= 0.6 is 0 Å². The van der Waals surface area contributed by atoms with Crippen molar-refractivity contribution in [2.75, 3.05) is 6.54 Å². The summed E-state index contributed by atoms with van der Waals surface area (Å²) in [6, 6.07) is 4.11. The van der Waals surface area contributed by atoms with Crippen LogP contribution in [0.1, 0.15) is 60.4 Å². The van der Waals surface area contributed by atoms with Crippen molar-refractivity contribution < 1.29 is 14.4 Å². The molecular formula is C25H29NO3. The average Bonchev–Trinajstić information content (AvgIpc) is 2.66. The molecule has 0 heterocycles. The number of hydrogen-bond acceptors (Lipinski definition) is 4. The number of fused-ring (bicyclic) bond motifs is 1. The maximum atomic E-state index is 13.5. The van der Waals surface area contributed by atoms with Crippen molar-refractivity contribution in [2.45, 2.75) is 54.9 Å². The molecule has 0 amide bonds. The molecule has 0 unspecified atom stereocenters. The van der Waals surface area contributed by atoms with Crippen LogP contribution in [0, 0.1) is 48.5 Å². The minimum absolute atomic E-state index is 0.0215. The predicted octanol–water partition coefficient (Wildman–Crippen LogP) is 4.72. The molecule has 1 aliphatic carbocycles. The lowest BCUT2D eigenvalue weighted by Crippen LogP contribution is -2.26. The van der Waals surface area contributed by atoms with E-state index in [-0.39, 0.29) is 12.3 Å². The Balaban J connectivity index is 2.30. The van der Waals surface area contributed by atoms with Crippen LogP contribution in [0.4, 0.5) is 0 Å².